The molecule has 4 nitrogen and oxygen atoms in total. The van der Waals surface area contributed by atoms with Gasteiger partial charge in [0.05, 0.1) is 0 Å². The van der Waals surface area contributed by atoms with Gasteiger partial charge in [-0.3, -0.25) is 4.90 Å². The summed E-state index contributed by atoms with van der Waals surface area (Å²) in [4.78, 5) is 13.7. The van der Waals surface area contributed by atoms with E-state index in [0.29, 0.717) is 0 Å². The van der Waals surface area contributed by atoms with Gasteiger partial charge in [-0.15, -0.1) is 0 Å². The molecule has 110 valence electrons. The molecule has 2 aliphatic rings. The summed E-state index contributed by atoms with van der Waals surface area (Å²) in [5, 5.41) is 0. The lowest BCUT2D eigenvalue weighted by Crippen LogP contribution is -2.51. The standard InChI is InChI=1S/C16H26N4/c1-13-3-5-15(6-4-13)19-7-9-20(10-8-19)16-11-14(2)17-12-18-16/h11-13,15H,3-10H2,1-2H3. The van der Waals surface area contributed by atoms with E-state index in [2.05, 4.69) is 32.8 Å². The molecule has 1 aliphatic carbocycles. The number of anilines is 1. The van der Waals surface area contributed by atoms with Gasteiger partial charge in [0, 0.05) is 44.0 Å². The van der Waals surface area contributed by atoms with Crippen LogP contribution in [0.5, 0.6) is 0 Å². The third-order valence-corrected chi connectivity index (χ3v) is 4.93. The Labute approximate surface area is 122 Å². The lowest BCUT2D eigenvalue weighted by Gasteiger charge is -2.42. The molecule has 0 N–H and O–H groups in total. The molecule has 20 heavy (non-hydrogen) atoms. The Hall–Kier alpha value is -1.16. The van der Waals surface area contributed by atoms with Gasteiger partial charge in [0.15, 0.2) is 0 Å². The maximum atomic E-state index is 4.41. The Morgan fingerprint density at radius 2 is 1.70 bits per heavy atom. The highest BCUT2D eigenvalue weighted by Crippen LogP contribution is 2.28. The summed E-state index contributed by atoms with van der Waals surface area (Å²) in [6.07, 6.45) is 7.30. The molecule has 1 aliphatic heterocycles. The summed E-state index contributed by atoms with van der Waals surface area (Å²) in [7, 11) is 0. The Morgan fingerprint density at radius 3 is 2.35 bits per heavy atom. The van der Waals surface area contributed by atoms with E-state index in [1.807, 2.05) is 6.92 Å². The van der Waals surface area contributed by atoms with E-state index in [0.717, 1.165) is 36.6 Å². The van der Waals surface area contributed by atoms with Crippen LogP contribution in [0.25, 0.3) is 0 Å². The lowest BCUT2D eigenvalue weighted by atomic mass is 9.86. The quantitative estimate of drug-likeness (QED) is 0.829. The number of aromatic nitrogens is 2. The van der Waals surface area contributed by atoms with Gasteiger partial charge >= 0.3 is 0 Å². The Morgan fingerprint density at radius 1 is 1.00 bits per heavy atom. The van der Waals surface area contributed by atoms with Gasteiger partial charge in [0.2, 0.25) is 0 Å². The predicted molar refractivity (Wildman–Crippen MR) is 82.0 cm³/mol. The normalized spacial score (nSPS) is 28.6. The van der Waals surface area contributed by atoms with Crippen molar-refractivity contribution in [2.75, 3.05) is 31.1 Å². The molecule has 0 atom stereocenters. The van der Waals surface area contributed by atoms with Gasteiger partial charge in [-0.05, 0) is 38.5 Å². The summed E-state index contributed by atoms with van der Waals surface area (Å²) in [5.41, 5.74) is 1.05. The van der Waals surface area contributed by atoms with Crippen molar-refractivity contribution in [1.82, 2.24) is 14.9 Å². The van der Waals surface area contributed by atoms with Gasteiger partial charge in [-0.1, -0.05) is 6.92 Å². The molecule has 0 bridgehead atoms. The van der Waals surface area contributed by atoms with Crippen molar-refractivity contribution in [2.24, 2.45) is 5.92 Å². The molecule has 2 fully saturated rings. The monoisotopic (exact) mass is 274 g/mol. The molecule has 1 saturated carbocycles. The summed E-state index contributed by atoms with van der Waals surface area (Å²) >= 11 is 0. The van der Waals surface area contributed by atoms with E-state index in [9.17, 15) is 0 Å². The molecule has 1 aromatic rings. The van der Waals surface area contributed by atoms with Crippen molar-refractivity contribution in [1.29, 1.82) is 0 Å². The van der Waals surface area contributed by atoms with Crippen molar-refractivity contribution in [3.63, 3.8) is 0 Å². The van der Waals surface area contributed by atoms with E-state index in [1.165, 1.54) is 38.8 Å². The van der Waals surface area contributed by atoms with E-state index >= 15 is 0 Å². The third-order valence-electron chi connectivity index (χ3n) is 4.93. The fourth-order valence-corrected chi connectivity index (χ4v) is 3.54. The van der Waals surface area contributed by atoms with Crippen LogP contribution in [0.3, 0.4) is 0 Å². The first kappa shape index (κ1) is 13.8. The van der Waals surface area contributed by atoms with Gasteiger partial charge in [-0.2, -0.15) is 0 Å². The van der Waals surface area contributed by atoms with E-state index in [4.69, 9.17) is 0 Å². The van der Waals surface area contributed by atoms with Crippen LogP contribution in [0, 0.1) is 12.8 Å². The average Bonchev–Trinajstić information content (AvgIpc) is 2.48. The number of rotatable bonds is 2. The molecule has 1 saturated heterocycles. The molecule has 0 spiro atoms. The molecule has 3 rings (SSSR count). The maximum absolute atomic E-state index is 4.41. The first-order valence-corrected chi connectivity index (χ1v) is 8.00. The minimum absolute atomic E-state index is 0.834. The molecule has 2 heterocycles. The predicted octanol–water partition coefficient (Wildman–Crippen LogP) is 2.49. The van der Waals surface area contributed by atoms with Crippen LogP contribution in [-0.2, 0) is 0 Å². The van der Waals surface area contributed by atoms with Gasteiger partial charge < -0.3 is 4.90 Å². The molecular weight excluding hydrogens is 248 g/mol. The number of aryl methyl sites for hydroxylation is 1. The molecular formula is C16H26N4. The molecule has 1 aromatic heterocycles. The number of hydrogen-bond acceptors (Lipinski definition) is 4. The molecule has 0 amide bonds. The van der Waals surface area contributed by atoms with E-state index < -0.39 is 0 Å². The summed E-state index contributed by atoms with van der Waals surface area (Å²) in [6.45, 7) is 8.99. The number of piperazine rings is 1. The highest BCUT2D eigenvalue weighted by molar-refractivity contribution is 5.39. The molecule has 0 aromatic carbocycles. The summed E-state index contributed by atoms with van der Waals surface area (Å²) in [6, 6.07) is 2.93. The van der Waals surface area contributed by atoms with E-state index in [-0.39, 0.29) is 0 Å². The van der Waals surface area contributed by atoms with Crippen LogP contribution >= 0.6 is 0 Å². The largest absolute Gasteiger partial charge is 0.354 e. The Kier molecular flexibility index (Phi) is 4.20. The third kappa shape index (κ3) is 3.11. The Balaban J connectivity index is 1.54. The number of nitrogens with zero attached hydrogens (tertiary/aromatic N) is 4. The fraction of sp³-hybridized carbons (Fsp3) is 0.750. The van der Waals surface area contributed by atoms with Crippen LogP contribution in [-0.4, -0.2) is 47.1 Å². The van der Waals surface area contributed by atoms with Gasteiger partial charge in [0.1, 0.15) is 12.1 Å². The zero-order valence-electron chi connectivity index (χ0n) is 12.8. The van der Waals surface area contributed by atoms with Crippen molar-refractivity contribution < 1.29 is 0 Å². The number of hydrogen-bond donors (Lipinski definition) is 0. The van der Waals surface area contributed by atoms with Crippen molar-refractivity contribution >= 4 is 5.82 Å². The second kappa shape index (κ2) is 6.08. The zero-order chi connectivity index (χ0) is 13.9. The fourth-order valence-electron chi connectivity index (χ4n) is 3.54. The summed E-state index contributed by atoms with van der Waals surface area (Å²) in [5.74, 6) is 2.03. The molecule has 4 heteroatoms. The highest BCUT2D eigenvalue weighted by Gasteiger charge is 2.27. The summed E-state index contributed by atoms with van der Waals surface area (Å²) < 4.78 is 0. The minimum Gasteiger partial charge on any atom is -0.354 e. The van der Waals surface area contributed by atoms with Crippen LogP contribution in [0.15, 0.2) is 12.4 Å². The zero-order valence-corrected chi connectivity index (χ0v) is 12.8. The minimum atomic E-state index is 0.834. The van der Waals surface area contributed by atoms with Crippen molar-refractivity contribution in [3.8, 4) is 0 Å². The topological polar surface area (TPSA) is 32.3 Å². The second-order valence-corrected chi connectivity index (χ2v) is 6.45. The molecule has 0 unspecified atom stereocenters. The lowest BCUT2D eigenvalue weighted by molar-refractivity contribution is 0.132. The van der Waals surface area contributed by atoms with E-state index in [1.54, 1.807) is 6.33 Å². The first-order valence-electron chi connectivity index (χ1n) is 8.00. The van der Waals surface area contributed by atoms with Crippen molar-refractivity contribution in [3.05, 3.63) is 18.1 Å². The van der Waals surface area contributed by atoms with Crippen LogP contribution in [0.1, 0.15) is 38.3 Å². The molecule has 0 radical (unpaired) electrons. The Bertz CT molecular complexity index is 432. The second-order valence-electron chi connectivity index (χ2n) is 6.45. The SMILES string of the molecule is Cc1cc(N2CCN(C3CCC(C)CC3)CC2)ncn1. The first-order chi connectivity index (χ1) is 9.72. The highest BCUT2D eigenvalue weighted by atomic mass is 15.3. The maximum Gasteiger partial charge on any atom is 0.132 e. The van der Waals surface area contributed by atoms with Gasteiger partial charge in [-0.25, -0.2) is 9.97 Å². The van der Waals surface area contributed by atoms with Crippen LogP contribution < -0.4 is 4.90 Å². The van der Waals surface area contributed by atoms with Crippen LogP contribution in [0.2, 0.25) is 0 Å². The smallest absolute Gasteiger partial charge is 0.132 e. The van der Waals surface area contributed by atoms with Gasteiger partial charge in [0.25, 0.3) is 0 Å². The average molecular weight is 274 g/mol. The van der Waals surface area contributed by atoms with Crippen molar-refractivity contribution in [2.45, 2.75) is 45.6 Å². The van der Waals surface area contributed by atoms with Crippen LogP contribution in [0.4, 0.5) is 5.82 Å².